The molecule has 0 bridgehead atoms. The number of carboxylic acid groups (broad SMARTS) is 1. The Bertz CT molecular complexity index is 631. The molecule has 2 heterocycles. The molecule has 110 valence electrons. The second kappa shape index (κ2) is 5.46. The number of aromatic carboxylic acids is 1. The van der Waals surface area contributed by atoms with E-state index in [9.17, 15) is 18.0 Å². The third-order valence-electron chi connectivity index (χ3n) is 3.00. The van der Waals surface area contributed by atoms with Crippen LogP contribution in [0.3, 0.4) is 0 Å². The molecule has 1 fully saturated rings. The van der Waals surface area contributed by atoms with Crippen molar-refractivity contribution in [2.75, 3.05) is 26.2 Å². The number of aromatic nitrogens is 1. The van der Waals surface area contributed by atoms with Crippen LogP contribution in [0.15, 0.2) is 9.72 Å². The van der Waals surface area contributed by atoms with Crippen LogP contribution in [-0.4, -0.2) is 65.8 Å². The summed E-state index contributed by atoms with van der Waals surface area (Å²) in [5, 5.41) is 8.94. The lowest BCUT2D eigenvalue weighted by molar-refractivity contribution is -0.129. The number of sulfonamides is 1. The first-order chi connectivity index (χ1) is 9.34. The van der Waals surface area contributed by atoms with E-state index >= 15 is 0 Å². The highest BCUT2D eigenvalue weighted by Gasteiger charge is 2.34. The van der Waals surface area contributed by atoms with Gasteiger partial charge in [0.25, 0.3) is 10.0 Å². The van der Waals surface area contributed by atoms with Crippen molar-refractivity contribution in [3.8, 4) is 0 Å². The van der Waals surface area contributed by atoms with Crippen LogP contribution < -0.4 is 0 Å². The molecule has 1 aliphatic rings. The van der Waals surface area contributed by atoms with Gasteiger partial charge >= 0.3 is 5.97 Å². The minimum Gasteiger partial charge on any atom is -0.476 e. The van der Waals surface area contributed by atoms with Gasteiger partial charge in [-0.25, -0.2) is 18.2 Å². The molecule has 0 aliphatic carbocycles. The molecular formula is C10H13N3O5S2. The first kappa shape index (κ1) is 14.9. The SMILES string of the molecule is CC(=O)N1CCN(S(=O)(=O)c2scnc2C(=O)O)CC1. The standard InChI is InChI=1S/C10H13N3O5S2/c1-7(14)12-2-4-13(5-3-12)20(17,18)10-8(9(15)16)11-6-19-10/h6H,2-5H2,1H3,(H,15,16). The molecule has 1 aliphatic heterocycles. The number of carbonyl (C=O) groups is 2. The number of hydrogen-bond acceptors (Lipinski definition) is 6. The van der Waals surface area contributed by atoms with Gasteiger partial charge in [-0.15, -0.1) is 11.3 Å². The van der Waals surface area contributed by atoms with Gasteiger partial charge in [0.1, 0.15) is 0 Å². The number of piperazine rings is 1. The van der Waals surface area contributed by atoms with E-state index in [1.807, 2.05) is 0 Å². The van der Waals surface area contributed by atoms with E-state index in [4.69, 9.17) is 5.11 Å². The van der Waals surface area contributed by atoms with Gasteiger partial charge < -0.3 is 10.0 Å². The van der Waals surface area contributed by atoms with E-state index in [2.05, 4.69) is 4.98 Å². The summed E-state index contributed by atoms with van der Waals surface area (Å²) in [5.41, 5.74) is 0.742. The molecule has 0 aromatic carbocycles. The molecule has 1 aromatic rings. The molecular weight excluding hydrogens is 306 g/mol. The zero-order valence-electron chi connectivity index (χ0n) is 10.6. The van der Waals surface area contributed by atoms with Gasteiger partial charge in [0.05, 0.1) is 5.51 Å². The Morgan fingerprint density at radius 3 is 2.40 bits per heavy atom. The smallest absolute Gasteiger partial charge is 0.356 e. The van der Waals surface area contributed by atoms with Crippen LogP contribution in [0.5, 0.6) is 0 Å². The lowest BCUT2D eigenvalue weighted by Crippen LogP contribution is -2.49. The Morgan fingerprint density at radius 2 is 1.90 bits per heavy atom. The molecule has 20 heavy (non-hydrogen) atoms. The Hall–Kier alpha value is -1.52. The van der Waals surface area contributed by atoms with Gasteiger partial charge in [-0.2, -0.15) is 4.31 Å². The van der Waals surface area contributed by atoms with Crippen LogP contribution >= 0.6 is 11.3 Å². The molecule has 10 heteroatoms. The van der Waals surface area contributed by atoms with Crippen molar-refractivity contribution in [1.82, 2.24) is 14.2 Å². The van der Waals surface area contributed by atoms with Crippen molar-refractivity contribution < 1.29 is 23.1 Å². The fraction of sp³-hybridized carbons (Fsp3) is 0.500. The third kappa shape index (κ3) is 2.67. The summed E-state index contributed by atoms with van der Waals surface area (Å²) in [7, 11) is -3.87. The maximum Gasteiger partial charge on any atom is 0.356 e. The van der Waals surface area contributed by atoms with Crippen LogP contribution in [0, 0.1) is 0 Å². The van der Waals surface area contributed by atoms with Crippen LogP contribution in [0.2, 0.25) is 0 Å². The van der Waals surface area contributed by atoms with Crippen molar-refractivity contribution in [3.05, 3.63) is 11.2 Å². The Labute approximate surface area is 119 Å². The number of nitrogens with zero attached hydrogens (tertiary/aromatic N) is 3. The van der Waals surface area contributed by atoms with Crippen molar-refractivity contribution >= 4 is 33.2 Å². The highest BCUT2D eigenvalue weighted by Crippen LogP contribution is 2.25. The van der Waals surface area contributed by atoms with E-state index in [0.717, 1.165) is 11.3 Å². The number of amides is 1. The average molecular weight is 319 g/mol. The summed E-state index contributed by atoms with van der Waals surface area (Å²) in [6.45, 7) is 2.33. The molecule has 1 saturated heterocycles. The normalized spacial score (nSPS) is 17.1. The van der Waals surface area contributed by atoms with Crippen LogP contribution in [-0.2, 0) is 14.8 Å². The molecule has 0 radical (unpaired) electrons. The molecule has 1 aromatic heterocycles. The summed E-state index contributed by atoms with van der Waals surface area (Å²) >= 11 is 0.783. The summed E-state index contributed by atoms with van der Waals surface area (Å²) in [5.74, 6) is -1.47. The number of carbonyl (C=O) groups excluding carboxylic acids is 1. The van der Waals surface area contributed by atoms with Gasteiger partial charge in [0, 0.05) is 33.1 Å². The van der Waals surface area contributed by atoms with Gasteiger partial charge in [-0.1, -0.05) is 0 Å². The van der Waals surface area contributed by atoms with Gasteiger partial charge in [0.15, 0.2) is 9.90 Å². The number of thiazole rings is 1. The zero-order valence-corrected chi connectivity index (χ0v) is 12.3. The van der Waals surface area contributed by atoms with Gasteiger partial charge in [0.2, 0.25) is 5.91 Å². The highest BCUT2D eigenvalue weighted by molar-refractivity contribution is 7.91. The maximum absolute atomic E-state index is 12.4. The van der Waals surface area contributed by atoms with E-state index in [1.54, 1.807) is 4.90 Å². The van der Waals surface area contributed by atoms with Crippen molar-refractivity contribution in [3.63, 3.8) is 0 Å². The predicted molar refractivity (Wildman–Crippen MR) is 70.1 cm³/mol. The summed E-state index contributed by atoms with van der Waals surface area (Å²) in [6.07, 6.45) is 0. The average Bonchev–Trinajstić information content (AvgIpc) is 2.89. The Morgan fingerprint density at radius 1 is 1.30 bits per heavy atom. The zero-order chi connectivity index (χ0) is 14.9. The molecule has 1 amide bonds. The Balaban J connectivity index is 2.22. The summed E-state index contributed by atoms with van der Waals surface area (Å²) in [4.78, 5) is 27.3. The van der Waals surface area contributed by atoms with Crippen molar-refractivity contribution in [2.24, 2.45) is 0 Å². The van der Waals surface area contributed by atoms with Crippen molar-refractivity contribution in [1.29, 1.82) is 0 Å². The second-order valence-corrected chi connectivity index (χ2v) is 7.19. The quantitative estimate of drug-likeness (QED) is 0.819. The minimum atomic E-state index is -3.87. The van der Waals surface area contributed by atoms with Gasteiger partial charge in [-0.3, -0.25) is 4.79 Å². The van der Waals surface area contributed by atoms with Crippen molar-refractivity contribution in [2.45, 2.75) is 11.1 Å². The number of carboxylic acids is 1. The van der Waals surface area contributed by atoms with E-state index in [-0.39, 0.29) is 23.2 Å². The fourth-order valence-corrected chi connectivity index (χ4v) is 4.62. The third-order valence-corrected chi connectivity index (χ3v) is 6.24. The van der Waals surface area contributed by atoms with Crippen LogP contribution in [0.1, 0.15) is 17.4 Å². The lowest BCUT2D eigenvalue weighted by Gasteiger charge is -2.33. The molecule has 8 nitrogen and oxygen atoms in total. The topological polar surface area (TPSA) is 108 Å². The lowest BCUT2D eigenvalue weighted by atomic mass is 10.3. The molecule has 1 N–H and O–H groups in total. The van der Waals surface area contributed by atoms with Crippen LogP contribution in [0.4, 0.5) is 0 Å². The molecule has 0 saturated carbocycles. The summed E-state index contributed by atoms with van der Waals surface area (Å²) < 4.78 is 25.7. The van der Waals surface area contributed by atoms with Crippen LogP contribution in [0.25, 0.3) is 0 Å². The molecule has 2 rings (SSSR count). The Kier molecular flexibility index (Phi) is 4.06. The second-order valence-electron chi connectivity index (χ2n) is 4.20. The van der Waals surface area contributed by atoms with Gasteiger partial charge in [-0.05, 0) is 0 Å². The first-order valence-electron chi connectivity index (χ1n) is 5.76. The molecule has 0 spiro atoms. The summed E-state index contributed by atoms with van der Waals surface area (Å²) in [6, 6.07) is 0. The van der Waals surface area contributed by atoms with E-state index in [1.165, 1.54) is 16.7 Å². The van der Waals surface area contributed by atoms with E-state index < -0.39 is 21.7 Å². The molecule has 0 atom stereocenters. The minimum absolute atomic E-state index is 0.105. The number of hydrogen-bond donors (Lipinski definition) is 1. The first-order valence-corrected chi connectivity index (χ1v) is 8.08. The number of rotatable bonds is 3. The monoisotopic (exact) mass is 319 g/mol. The largest absolute Gasteiger partial charge is 0.476 e. The molecule has 0 unspecified atom stereocenters. The van der Waals surface area contributed by atoms with E-state index in [0.29, 0.717) is 13.1 Å². The maximum atomic E-state index is 12.4. The highest BCUT2D eigenvalue weighted by atomic mass is 32.2. The predicted octanol–water partition coefficient (Wildman–Crippen LogP) is -0.306. The fourth-order valence-electron chi connectivity index (χ4n) is 1.92.